The molecule has 7 atom stereocenters. The van der Waals surface area contributed by atoms with Crippen molar-refractivity contribution in [2.45, 2.75) is 46.7 Å². The molecule has 3 heterocycles. The normalized spacial score (nSPS) is 30.6. The molecular weight excluding hydrogens is 558 g/mol. The second-order valence-electron chi connectivity index (χ2n) is 9.73. The second-order valence-corrected chi connectivity index (χ2v) is 12.4. The molecular formula is C27H30BrN3O5S. The number of likely N-dealkylation sites (tertiary alicyclic amines) is 1. The summed E-state index contributed by atoms with van der Waals surface area (Å²) in [4.78, 5) is 43.1. The van der Waals surface area contributed by atoms with E-state index in [1.54, 1.807) is 48.0 Å². The number of carbonyl (C=O) groups excluding carboxylic acids is 3. The smallest absolute Gasteiger partial charge is 0.248 e. The van der Waals surface area contributed by atoms with Crippen LogP contribution < -0.4 is 15.4 Å². The van der Waals surface area contributed by atoms with Gasteiger partial charge in [0.15, 0.2) is 0 Å². The van der Waals surface area contributed by atoms with E-state index in [-0.39, 0.29) is 34.4 Å². The third-order valence-electron chi connectivity index (χ3n) is 7.75. The number of halogens is 1. The lowest BCUT2D eigenvalue weighted by atomic mass is 9.70. The minimum absolute atomic E-state index is 0.0292. The Bertz CT molecular complexity index is 1180. The number of aliphatic hydroxyl groups is 1. The first kappa shape index (κ1) is 26.1. The van der Waals surface area contributed by atoms with Crippen molar-refractivity contribution in [2.75, 3.05) is 24.4 Å². The summed E-state index contributed by atoms with van der Waals surface area (Å²) in [5.74, 6) is -1.37. The van der Waals surface area contributed by atoms with E-state index < -0.39 is 28.7 Å². The van der Waals surface area contributed by atoms with Crippen molar-refractivity contribution in [3.8, 4) is 5.75 Å². The Morgan fingerprint density at radius 2 is 1.78 bits per heavy atom. The van der Waals surface area contributed by atoms with E-state index in [1.807, 2.05) is 37.3 Å². The van der Waals surface area contributed by atoms with Gasteiger partial charge < -0.3 is 25.4 Å². The molecule has 2 bridgehead atoms. The van der Waals surface area contributed by atoms with Crippen LogP contribution in [-0.2, 0) is 14.4 Å². The fourth-order valence-electron chi connectivity index (χ4n) is 6.11. The number of amides is 3. The second kappa shape index (κ2) is 10.3. The largest absolute Gasteiger partial charge is 0.497 e. The number of rotatable bonds is 8. The summed E-state index contributed by atoms with van der Waals surface area (Å²) in [7, 11) is 1.57. The molecule has 5 rings (SSSR count). The lowest BCUT2D eigenvalue weighted by Gasteiger charge is -2.37. The molecule has 2 aromatic rings. The Labute approximate surface area is 228 Å². The minimum Gasteiger partial charge on any atom is -0.497 e. The number of thioether (sulfide) groups is 1. The maximum Gasteiger partial charge on any atom is 0.248 e. The molecule has 0 saturated carbocycles. The number of ether oxygens (including phenoxy) is 1. The number of anilines is 2. The van der Waals surface area contributed by atoms with E-state index >= 15 is 0 Å². The molecule has 196 valence electrons. The van der Waals surface area contributed by atoms with Crippen LogP contribution in [0.2, 0.25) is 0 Å². The molecule has 3 N–H and O–H groups in total. The predicted molar refractivity (Wildman–Crippen MR) is 147 cm³/mol. The number of carbonyl (C=O) groups is 3. The molecule has 3 fully saturated rings. The van der Waals surface area contributed by atoms with E-state index in [2.05, 4.69) is 26.6 Å². The summed E-state index contributed by atoms with van der Waals surface area (Å²) in [5.41, 5.74) is 1.25. The lowest BCUT2D eigenvalue weighted by Crippen LogP contribution is -2.55. The van der Waals surface area contributed by atoms with Gasteiger partial charge in [-0.1, -0.05) is 41.1 Å². The Hall–Kier alpha value is -2.56. The standard InChI is InChI=1S/C27H30BrN3O5S/c1-3-17(14-32)31-23(25(34)30-16-9-11-18(36-2)12-10-16)27-13-19(28)22(37-27)20(21(27)26(31)35)24(33)29-15-7-5-4-6-8-15/h4-12,17,19-23,32H,3,13-14H2,1-2H3,(H,29,33)(H,30,34)/t17-,19?,20+,21-,22+,23?,27?/m0/s1. The molecule has 3 aliphatic rings. The first-order valence-electron chi connectivity index (χ1n) is 12.4. The molecule has 37 heavy (non-hydrogen) atoms. The van der Waals surface area contributed by atoms with Crippen LogP contribution in [0.4, 0.5) is 11.4 Å². The first-order valence-corrected chi connectivity index (χ1v) is 14.2. The van der Waals surface area contributed by atoms with Crippen molar-refractivity contribution in [1.82, 2.24) is 4.90 Å². The van der Waals surface area contributed by atoms with Gasteiger partial charge in [0.2, 0.25) is 17.7 Å². The van der Waals surface area contributed by atoms with Gasteiger partial charge >= 0.3 is 0 Å². The summed E-state index contributed by atoms with van der Waals surface area (Å²) in [6, 6.07) is 14.8. The van der Waals surface area contributed by atoms with Gasteiger partial charge in [-0.05, 0) is 49.2 Å². The van der Waals surface area contributed by atoms with Crippen LogP contribution >= 0.6 is 27.7 Å². The monoisotopic (exact) mass is 587 g/mol. The summed E-state index contributed by atoms with van der Waals surface area (Å²) < 4.78 is 4.43. The fraction of sp³-hybridized carbons (Fsp3) is 0.444. The zero-order valence-corrected chi connectivity index (χ0v) is 23.0. The average Bonchev–Trinajstić information content (AvgIpc) is 3.49. The molecule has 8 nitrogen and oxygen atoms in total. The summed E-state index contributed by atoms with van der Waals surface area (Å²) in [5, 5.41) is 16.0. The molecule has 10 heteroatoms. The van der Waals surface area contributed by atoms with Crippen molar-refractivity contribution >= 4 is 56.8 Å². The van der Waals surface area contributed by atoms with Crippen molar-refractivity contribution < 1.29 is 24.2 Å². The van der Waals surface area contributed by atoms with E-state index in [1.165, 1.54) is 0 Å². The summed E-state index contributed by atoms with van der Waals surface area (Å²) >= 11 is 5.34. The Morgan fingerprint density at radius 1 is 1.14 bits per heavy atom. The molecule has 1 spiro atoms. The third kappa shape index (κ3) is 4.32. The lowest BCUT2D eigenvalue weighted by molar-refractivity contribution is -0.141. The molecule has 3 saturated heterocycles. The Kier molecular flexibility index (Phi) is 7.26. The highest BCUT2D eigenvalue weighted by molar-refractivity contribution is 9.09. The number of nitrogens with one attached hydrogen (secondary N) is 2. The van der Waals surface area contributed by atoms with Crippen LogP contribution in [-0.4, -0.2) is 68.4 Å². The van der Waals surface area contributed by atoms with Crippen LogP contribution in [0.25, 0.3) is 0 Å². The van der Waals surface area contributed by atoms with Crippen LogP contribution in [0.15, 0.2) is 54.6 Å². The maximum absolute atomic E-state index is 14.1. The number of hydrogen-bond acceptors (Lipinski definition) is 6. The topological polar surface area (TPSA) is 108 Å². The molecule has 3 unspecified atom stereocenters. The number of nitrogens with zero attached hydrogens (tertiary/aromatic N) is 1. The summed E-state index contributed by atoms with van der Waals surface area (Å²) in [6.45, 7) is 1.62. The highest BCUT2D eigenvalue weighted by atomic mass is 79.9. The number of benzene rings is 2. The van der Waals surface area contributed by atoms with Gasteiger partial charge in [-0.25, -0.2) is 0 Å². The number of alkyl halides is 1. The molecule has 2 aromatic carbocycles. The summed E-state index contributed by atoms with van der Waals surface area (Å²) in [6.07, 6.45) is 1.07. The van der Waals surface area contributed by atoms with E-state index in [0.717, 1.165) is 0 Å². The van der Waals surface area contributed by atoms with Crippen molar-refractivity contribution in [3.63, 3.8) is 0 Å². The number of aliphatic hydroxyl groups excluding tert-OH is 1. The third-order valence-corrected chi connectivity index (χ3v) is 11.0. The highest BCUT2D eigenvalue weighted by Gasteiger charge is 2.76. The number of methoxy groups -OCH3 is 1. The molecule has 0 aromatic heterocycles. The zero-order valence-electron chi connectivity index (χ0n) is 20.6. The van der Waals surface area contributed by atoms with Crippen molar-refractivity contribution in [1.29, 1.82) is 0 Å². The van der Waals surface area contributed by atoms with Crippen LogP contribution in [0.3, 0.4) is 0 Å². The van der Waals surface area contributed by atoms with Crippen molar-refractivity contribution in [3.05, 3.63) is 54.6 Å². The van der Waals surface area contributed by atoms with Crippen LogP contribution in [0, 0.1) is 11.8 Å². The van der Waals surface area contributed by atoms with Gasteiger partial charge in [-0.15, -0.1) is 11.8 Å². The highest BCUT2D eigenvalue weighted by Crippen LogP contribution is 2.68. The van der Waals surface area contributed by atoms with Gasteiger partial charge in [0.05, 0.1) is 36.3 Å². The minimum atomic E-state index is -0.825. The van der Waals surface area contributed by atoms with Crippen LogP contribution in [0.1, 0.15) is 19.8 Å². The van der Waals surface area contributed by atoms with E-state index in [4.69, 9.17) is 4.74 Å². The molecule has 3 aliphatic heterocycles. The van der Waals surface area contributed by atoms with Gasteiger partial charge in [0.1, 0.15) is 11.8 Å². The molecule has 3 amide bonds. The zero-order chi connectivity index (χ0) is 26.3. The van der Waals surface area contributed by atoms with Gasteiger partial charge in [-0.2, -0.15) is 0 Å². The quantitative estimate of drug-likeness (QED) is 0.408. The van der Waals surface area contributed by atoms with Crippen LogP contribution in [0.5, 0.6) is 5.75 Å². The number of para-hydroxylation sites is 1. The van der Waals surface area contributed by atoms with E-state index in [9.17, 15) is 19.5 Å². The van der Waals surface area contributed by atoms with Gasteiger partial charge in [-0.3, -0.25) is 14.4 Å². The van der Waals surface area contributed by atoms with E-state index in [0.29, 0.717) is 30.0 Å². The molecule has 0 radical (unpaired) electrons. The van der Waals surface area contributed by atoms with Crippen molar-refractivity contribution in [2.24, 2.45) is 11.8 Å². The Balaban J connectivity index is 1.51. The Morgan fingerprint density at radius 3 is 2.41 bits per heavy atom. The SMILES string of the molecule is CC[C@@H](CO)N1C(=O)[C@@H]2[C@@H](C(=O)Nc3ccccc3)[C@@H]3SC2(CC3Br)C1C(=O)Nc1ccc(OC)cc1. The number of fused-ring (bicyclic) bond motifs is 1. The van der Waals surface area contributed by atoms with Gasteiger partial charge in [0.25, 0.3) is 0 Å². The predicted octanol–water partition coefficient (Wildman–Crippen LogP) is 3.51. The average molecular weight is 589 g/mol. The number of hydrogen-bond donors (Lipinski definition) is 3. The fourth-order valence-corrected chi connectivity index (χ4v) is 9.71. The maximum atomic E-state index is 14.1. The first-order chi connectivity index (χ1) is 17.8. The molecule has 0 aliphatic carbocycles. The van der Waals surface area contributed by atoms with Gasteiger partial charge in [0, 0.05) is 21.5 Å².